The number of allylic oxidation sites excluding steroid dienone is 1. The predicted octanol–water partition coefficient (Wildman–Crippen LogP) is 4.19. The monoisotopic (exact) mass is 310 g/mol. The molecule has 1 N–H and O–H groups in total. The minimum absolute atomic E-state index is 0.0354. The molecular weight excluding hydrogens is 280 g/mol. The Morgan fingerprint density at radius 3 is 2.59 bits per heavy atom. The summed E-state index contributed by atoms with van der Waals surface area (Å²) >= 11 is 0. The van der Waals surface area contributed by atoms with E-state index in [1.807, 2.05) is 26.8 Å². The summed E-state index contributed by atoms with van der Waals surface area (Å²) in [6, 6.07) is 0. The summed E-state index contributed by atoms with van der Waals surface area (Å²) in [6.07, 6.45) is 8.01. The van der Waals surface area contributed by atoms with E-state index in [0.29, 0.717) is 5.92 Å². The number of aliphatic carboxylic acids is 1. The van der Waals surface area contributed by atoms with Crippen molar-refractivity contribution in [1.82, 2.24) is 0 Å². The molecule has 1 rings (SSSR count). The van der Waals surface area contributed by atoms with Crippen LogP contribution in [0.2, 0.25) is 0 Å². The van der Waals surface area contributed by atoms with Gasteiger partial charge in [-0.05, 0) is 49.9 Å². The molecule has 0 bridgehead atoms. The van der Waals surface area contributed by atoms with Crippen molar-refractivity contribution in [3.8, 4) is 0 Å². The first-order valence-electron chi connectivity index (χ1n) is 8.29. The zero-order chi connectivity index (χ0) is 16.8. The van der Waals surface area contributed by atoms with Gasteiger partial charge in [-0.15, -0.1) is 6.58 Å². The number of hydrogen-bond acceptors (Lipinski definition) is 3. The lowest BCUT2D eigenvalue weighted by molar-refractivity contribution is -0.159. The van der Waals surface area contributed by atoms with Gasteiger partial charge < -0.3 is 9.84 Å². The number of esters is 1. The average molecular weight is 310 g/mol. The smallest absolute Gasteiger partial charge is 0.307 e. The molecule has 22 heavy (non-hydrogen) atoms. The van der Waals surface area contributed by atoms with Crippen LogP contribution in [0.15, 0.2) is 12.7 Å². The number of carbonyl (C=O) groups excluding carboxylic acids is 1. The van der Waals surface area contributed by atoms with E-state index in [1.54, 1.807) is 0 Å². The van der Waals surface area contributed by atoms with Crippen molar-refractivity contribution in [1.29, 1.82) is 0 Å². The molecule has 4 nitrogen and oxygen atoms in total. The van der Waals surface area contributed by atoms with Crippen LogP contribution in [0.3, 0.4) is 0 Å². The second kappa shape index (κ2) is 8.35. The van der Waals surface area contributed by atoms with Gasteiger partial charge in [0.2, 0.25) is 0 Å². The van der Waals surface area contributed by atoms with Crippen molar-refractivity contribution in [3.63, 3.8) is 0 Å². The Labute approximate surface area is 133 Å². The van der Waals surface area contributed by atoms with E-state index < -0.39 is 17.3 Å². The Morgan fingerprint density at radius 1 is 1.36 bits per heavy atom. The molecule has 1 aliphatic carbocycles. The van der Waals surface area contributed by atoms with E-state index in [9.17, 15) is 14.7 Å². The molecule has 1 aliphatic rings. The highest BCUT2D eigenvalue weighted by Gasteiger charge is 2.36. The number of carboxylic acid groups (broad SMARTS) is 1. The highest BCUT2D eigenvalue weighted by molar-refractivity contribution is 5.79. The van der Waals surface area contributed by atoms with Crippen molar-refractivity contribution in [3.05, 3.63) is 12.7 Å². The van der Waals surface area contributed by atoms with E-state index in [2.05, 4.69) is 6.58 Å². The number of ether oxygens (including phenoxy) is 1. The van der Waals surface area contributed by atoms with Gasteiger partial charge in [0.1, 0.15) is 6.10 Å². The van der Waals surface area contributed by atoms with Gasteiger partial charge in [-0.2, -0.15) is 0 Å². The maximum absolute atomic E-state index is 12.1. The Kier molecular flexibility index (Phi) is 7.11. The average Bonchev–Trinajstić information content (AvgIpc) is 2.82. The van der Waals surface area contributed by atoms with Crippen molar-refractivity contribution in [2.45, 2.75) is 71.8 Å². The molecule has 0 aromatic heterocycles. The fourth-order valence-electron chi connectivity index (χ4n) is 3.16. The molecule has 0 saturated heterocycles. The molecule has 0 heterocycles. The van der Waals surface area contributed by atoms with Crippen molar-refractivity contribution in [2.24, 2.45) is 17.3 Å². The molecule has 1 fully saturated rings. The van der Waals surface area contributed by atoms with Crippen LogP contribution in [0.25, 0.3) is 0 Å². The second-order valence-electron chi connectivity index (χ2n) is 7.40. The second-order valence-corrected chi connectivity index (χ2v) is 7.40. The molecule has 1 saturated carbocycles. The van der Waals surface area contributed by atoms with Gasteiger partial charge in [0, 0.05) is 0 Å². The fraction of sp³-hybridized carbons (Fsp3) is 0.778. The minimum Gasteiger partial charge on any atom is -0.481 e. The quantitative estimate of drug-likeness (QED) is 0.415. The third-order valence-electron chi connectivity index (χ3n) is 4.57. The fourth-order valence-corrected chi connectivity index (χ4v) is 3.16. The SMILES string of the molecule is C=CCCCC1CCCC1OC(=O)C[C@H](C(=O)O)C(C)(C)C. The maximum Gasteiger partial charge on any atom is 0.307 e. The van der Waals surface area contributed by atoms with Crippen molar-refractivity contribution in [2.75, 3.05) is 0 Å². The van der Waals surface area contributed by atoms with Gasteiger partial charge in [-0.1, -0.05) is 26.8 Å². The Morgan fingerprint density at radius 2 is 2.05 bits per heavy atom. The summed E-state index contributed by atoms with van der Waals surface area (Å²) in [5.74, 6) is -1.59. The standard InChI is InChI=1S/C18H30O4/c1-5-6-7-9-13-10-8-11-15(13)22-16(19)12-14(17(20)21)18(2,3)4/h5,13-15H,1,6-12H2,2-4H3,(H,20,21)/t13?,14-,15?/m1/s1. The van der Waals surface area contributed by atoms with Crippen LogP contribution in [0.5, 0.6) is 0 Å². The third-order valence-corrected chi connectivity index (χ3v) is 4.57. The van der Waals surface area contributed by atoms with Crippen LogP contribution in [-0.4, -0.2) is 23.1 Å². The third kappa shape index (κ3) is 5.82. The highest BCUT2D eigenvalue weighted by Crippen LogP contribution is 2.34. The molecule has 2 unspecified atom stereocenters. The summed E-state index contributed by atoms with van der Waals surface area (Å²) in [5.41, 5.74) is -0.454. The summed E-state index contributed by atoms with van der Waals surface area (Å²) in [5, 5.41) is 9.30. The van der Waals surface area contributed by atoms with Gasteiger partial charge in [0.25, 0.3) is 0 Å². The van der Waals surface area contributed by atoms with Crippen molar-refractivity contribution < 1.29 is 19.4 Å². The molecule has 0 radical (unpaired) electrons. The van der Waals surface area contributed by atoms with Gasteiger partial charge in [-0.3, -0.25) is 9.59 Å². The largest absolute Gasteiger partial charge is 0.481 e. The first-order chi connectivity index (χ1) is 10.3. The van der Waals surface area contributed by atoms with Crippen molar-refractivity contribution >= 4 is 11.9 Å². The van der Waals surface area contributed by atoms with Crippen LogP contribution in [-0.2, 0) is 14.3 Å². The summed E-state index contributed by atoms with van der Waals surface area (Å²) < 4.78 is 5.60. The summed E-state index contributed by atoms with van der Waals surface area (Å²) in [7, 11) is 0. The van der Waals surface area contributed by atoms with E-state index >= 15 is 0 Å². The molecule has 0 spiro atoms. The van der Waals surface area contributed by atoms with Crippen LogP contribution in [0.4, 0.5) is 0 Å². The summed E-state index contributed by atoms with van der Waals surface area (Å²) in [6.45, 7) is 9.24. The normalized spacial score (nSPS) is 23.0. The molecular formula is C18H30O4. The Balaban J connectivity index is 2.52. The molecule has 0 amide bonds. The molecule has 3 atom stereocenters. The zero-order valence-corrected chi connectivity index (χ0v) is 14.1. The van der Waals surface area contributed by atoms with Crippen LogP contribution in [0, 0.1) is 17.3 Å². The lowest BCUT2D eigenvalue weighted by Crippen LogP contribution is -2.32. The maximum atomic E-state index is 12.1. The van der Waals surface area contributed by atoms with Crippen LogP contribution >= 0.6 is 0 Å². The first kappa shape index (κ1) is 18.7. The lowest BCUT2D eigenvalue weighted by atomic mass is 9.79. The number of carboxylic acids is 1. The van der Waals surface area contributed by atoms with E-state index in [1.165, 1.54) is 0 Å². The molecule has 4 heteroatoms. The van der Waals surface area contributed by atoms with Gasteiger partial charge in [-0.25, -0.2) is 0 Å². The zero-order valence-electron chi connectivity index (χ0n) is 14.1. The molecule has 0 aliphatic heterocycles. The minimum atomic E-state index is -0.932. The van der Waals surface area contributed by atoms with Gasteiger partial charge in [0.05, 0.1) is 12.3 Å². The van der Waals surface area contributed by atoms with E-state index in [4.69, 9.17) is 4.74 Å². The predicted molar refractivity (Wildman–Crippen MR) is 86.5 cm³/mol. The lowest BCUT2D eigenvalue weighted by Gasteiger charge is -2.27. The first-order valence-corrected chi connectivity index (χ1v) is 8.29. The number of rotatable bonds is 8. The Hall–Kier alpha value is -1.32. The highest BCUT2D eigenvalue weighted by atomic mass is 16.5. The topological polar surface area (TPSA) is 63.6 Å². The van der Waals surface area contributed by atoms with Gasteiger partial charge >= 0.3 is 11.9 Å². The Bertz CT molecular complexity index is 394. The molecule has 0 aromatic rings. The number of hydrogen-bond donors (Lipinski definition) is 1. The number of unbranched alkanes of at least 4 members (excludes halogenated alkanes) is 1. The van der Waals surface area contributed by atoms with Crippen LogP contribution < -0.4 is 0 Å². The molecule has 126 valence electrons. The number of carbonyl (C=O) groups is 2. The summed E-state index contributed by atoms with van der Waals surface area (Å²) in [4.78, 5) is 23.5. The van der Waals surface area contributed by atoms with E-state index in [-0.39, 0.29) is 18.5 Å². The van der Waals surface area contributed by atoms with Gasteiger partial charge in [0.15, 0.2) is 0 Å². The molecule has 0 aromatic carbocycles. The van der Waals surface area contributed by atoms with Crippen LogP contribution in [0.1, 0.15) is 65.7 Å². The van der Waals surface area contributed by atoms with E-state index in [0.717, 1.165) is 38.5 Å².